The molecule has 0 radical (unpaired) electrons. The van der Waals surface area contributed by atoms with Crippen LogP contribution in [0.1, 0.15) is 60.3 Å². The molecule has 1 aliphatic heterocycles. The molecule has 3 heteroatoms. The molecule has 2 aliphatic rings. The zero-order valence-electron chi connectivity index (χ0n) is 14.7. The molecule has 0 amide bonds. The molecule has 1 saturated carbocycles. The van der Waals surface area contributed by atoms with Gasteiger partial charge in [-0.3, -0.25) is 4.90 Å². The Hall–Kier alpha value is -0.120. The normalized spacial score (nSPS) is 31.1. The smallest absolute Gasteiger partial charge is 0.0553 e. The summed E-state index contributed by atoms with van der Waals surface area (Å²) in [7, 11) is 0. The van der Waals surface area contributed by atoms with Crippen LogP contribution in [-0.2, 0) is 0 Å². The number of hydrogen-bond donors (Lipinski definition) is 2. The van der Waals surface area contributed by atoms with Crippen LogP contribution in [0, 0.1) is 17.3 Å². The molecule has 1 aliphatic carbocycles. The minimum absolute atomic E-state index is 0.191. The Morgan fingerprint density at radius 1 is 1.19 bits per heavy atom. The molecule has 2 fully saturated rings. The van der Waals surface area contributed by atoms with Crippen LogP contribution in [0.25, 0.3) is 0 Å². The average molecular weight is 296 g/mol. The number of aliphatic hydroxyl groups is 1. The van der Waals surface area contributed by atoms with Gasteiger partial charge in [-0.05, 0) is 49.9 Å². The van der Waals surface area contributed by atoms with E-state index in [1.165, 1.54) is 19.3 Å². The second-order valence-electron chi connectivity index (χ2n) is 8.64. The molecule has 2 rings (SSSR count). The summed E-state index contributed by atoms with van der Waals surface area (Å²) in [4.78, 5) is 2.68. The Labute approximate surface area is 131 Å². The van der Waals surface area contributed by atoms with Crippen molar-refractivity contribution in [1.82, 2.24) is 10.2 Å². The van der Waals surface area contributed by atoms with Crippen molar-refractivity contribution in [3.63, 3.8) is 0 Å². The monoisotopic (exact) mass is 296 g/mol. The van der Waals surface area contributed by atoms with Gasteiger partial charge in [0.15, 0.2) is 0 Å². The SMILES string of the molecule is CCC(C1CC1)N1CC(NCC(C)(C)C)CC(C(C)O)C1. The van der Waals surface area contributed by atoms with E-state index in [1.54, 1.807) is 0 Å². The summed E-state index contributed by atoms with van der Waals surface area (Å²) in [6, 6.07) is 1.27. The van der Waals surface area contributed by atoms with E-state index < -0.39 is 0 Å². The zero-order chi connectivity index (χ0) is 15.6. The molecule has 1 saturated heterocycles. The highest BCUT2D eigenvalue weighted by Gasteiger charge is 2.39. The number of likely N-dealkylation sites (tertiary alicyclic amines) is 1. The van der Waals surface area contributed by atoms with Crippen molar-refractivity contribution in [1.29, 1.82) is 0 Å². The van der Waals surface area contributed by atoms with E-state index in [0.29, 0.717) is 17.4 Å². The van der Waals surface area contributed by atoms with Gasteiger partial charge in [-0.15, -0.1) is 0 Å². The second kappa shape index (κ2) is 6.97. The average Bonchev–Trinajstić information content (AvgIpc) is 3.21. The Balaban J connectivity index is 1.97. The molecule has 4 atom stereocenters. The summed E-state index contributed by atoms with van der Waals surface area (Å²) in [5, 5.41) is 13.9. The first kappa shape index (κ1) is 17.2. The van der Waals surface area contributed by atoms with E-state index in [4.69, 9.17) is 0 Å². The quantitative estimate of drug-likeness (QED) is 0.791. The third-order valence-electron chi connectivity index (χ3n) is 5.17. The van der Waals surface area contributed by atoms with Gasteiger partial charge in [0.1, 0.15) is 0 Å². The maximum absolute atomic E-state index is 10.1. The molecule has 124 valence electrons. The first-order chi connectivity index (χ1) is 9.80. The predicted octanol–water partition coefficient (Wildman–Crippen LogP) is 2.88. The van der Waals surface area contributed by atoms with Crippen molar-refractivity contribution >= 4 is 0 Å². The predicted molar refractivity (Wildman–Crippen MR) is 89.4 cm³/mol. The number of hydrogen-bond acceptors (Lipinski definition) is 3. The summed E-state index contributed by atoms with van der Waals surface area (Å²) >= 11 is 0. The molecule has 1 heterocycles. The van der Waals surface area contributed by atoms with Gasteiger partial charge in [0.05, 0.1) is 6.10 Å². The van der Waals surface area contributed by atoms with Gasteiger partial charge >= 0.3 is 0 Å². The maximum atomic E-state index is 10.1. The van der Waals surface area contributed by atoms with E-state index in [1.807, 2.05) is 6.92 Å². The lowest BCUT2D eigenvalue weighted by Crippen LogP contribution is -2.55. The van der Waals surface area contributed by atoms with Crippen molar-refractivity contribution in [2.75, 3.05) is 19.6 Å². The number of aliphatic hydroxyl groups excluding tert-OH is 1. The number of rotatable bonds is 6. The number of nitrogens with one attached hydrogen (secondary N) is 1. The van der Waals surface area contributed by atoms with Crippen molar-refractivity contribution in [2.24, 2.45) is 17.3 Å². The Bertz CT molecular complexity index is 320. The van der Waals surface area contributed by atoms with Crippen LogP contribution in [0.4, 0.5) is 0 Å². The summed E-state index contributed by atoms with van der Waals surface area (Å²) in [5.41, 5.74) is 0.323. The minimum atomic E-state index is -0.191. The number of piperidine rings is 1. The molecule has 0 aromatic rings. The van der Waals surface area contributed by atoms with E-state index in [-0.39, 0.29) is 6.10 Å². The fourth-order valence-corrected chi connectivity index (χ4v) is 3.76. The highest BCUT2D eigenvalue weighted by molar-refractivity contribution is 4.94. The fourth-order valence-electron chi connectivity index (χ4n) is 3.76. The van der Waals surface area contributed by atoms with Gasteiger partial charge in [0.25, 0.3) is 0 Å². The van der Waals surface area contributed by atoms with Crippen LogP contribution in [0.5, 0.6) is 0 Å². The van der Waals surface area contributed by atoms with E-state index >= 15 is 0 Å². The molecule has 3 nitrogen and oxygen atoms in total. The molecular formula is C18H36N2O. The summed E-state index contributed by atoms with van der Waals surface area (Å²) in [5.74, 6) is 1.34. The van der Waals surface area contributed by atoms with E-state index in [2.05, 4.69) is 37.9 Å². The maximum Gasteiger partial charge on any atom is 0.0553 e. The van der Waals surface area contributed by atoms with Crippen LogP contribution in [0.3, 0.4) is 0 Å². The summed E-state index contributed by atoms with van der Waals surface area (Å²) in [6.07, 6.45) is 5.00. The Morgan fingerprint density at radius 3 is 2.33 bits per heavy atom. The van der Waals surface area contributed by atoms with E-state index in [9.17, 15) is 5.11 Å². The standard InChI is InChI=1S/C18H36N2O/c1-6-17(14-7-8-14)20-10-15(13(2)21)9-16(11-20)19-12-18(3,4)5/h13-17,19,21H,6-12H2,1-5H3. The largest absolute Gasteiger partial charge is 0.393 e. The third-order valence-corrected chi connectivity index (χ3v) is 5.17. The molecule has 4 unspecified atom stereocenters. The molecule has 2 N–H and O–H groups in total. The van der Waals surface area contributed by atoms with Crippen LogP contribution in [0.2, 0.25) is 0 Å². The molecule has 0 aromatic carbocycles. The Kier molecular flexibility index (Phi) is 5.72. The molecule has 0 bridgehead atoms. The lowest BCUT2D eigenvalue weighted by Gasteiger charge is -2.44. The minimum Gasteiger partial charge on any atom is -0.393 e. The van der Waals surface area contributed by atoms with Crippen molar-refractivity contribution in [2.45, 2.75) is 78.5 Å². The summed E-state index contributed by atoms with van der Waals surface area (Å²) < 4.78 is 0. The van der Waals surface area contributed by atoms with Gasteiger partial charge in [-0.25, -0.2) is 0 Å². The van der Waals surface area contributed by atoms with Crippen LogP contribution >= 0.6 is 0 Å². The lowest BCUT2D eigenvalue weighted by molar-refractivity contribution is 0.0218. The van der Waals surface area contributed by atoms with Gasteiger partial charge in [-0.2, -0.15) is 0 Å². The Morgan fingerprint density at radius 2 is 1.86 bits per heavy atom. The first-order valence-electron chi connectivity index (χ1n) is 8.95. The highest BCUT2D eigenvalue weighted by Crippen LogP contribution is 2.38. The van der Waals surface area contributed by atoms with Crippen LogP contribution < -0.4 is 5.32 Å². The third kappa shape index (κ3) is 5.22. The van der Waals surface area contributed by atoms with Gasteiger partial charge in [0, 0.05) is 31.7 Å². The molecule has 21 heavy (non-hydrogen) atoms. The molecule has 0 spiro atoms. The van der Waals surface area contributed by atoms with Crippen molar-refractivity contribution in [3.05, 3.63) is 0 Å². The topological polar surface area (TPSA) is 35.5 Å². The van der Waals surface area contributed by atoms with Crippen molar-refractivity contribution < 1.29 is 5.11 Å². The first-order valence-corrected chi connectivity index (χ1v) is 8.95. The lowest BCUT2D eigenvalue weighted by atomic mass is 9.87. The highest BCUT2D eigenvalue weighted by atomic mass is 16.3. The van der Waals surface area contributed by atoms with Gasteiger partial charge < -0.3 is 10.4 Å². The summed E-state index contributed by atoms with van der Waals surface area (Å²) in [6.45, 7) is 14.4. The van der Waals surface area contributed by atoms with E-state index in [0.717, 1.165) is 38.0 Å². The second-order valence-corrected chi connectivity index (χ2v) is 8.64. The van der Waals surface area contributed by atoms with Gasteiger partial charge in [-0.1, -0.05) is 27.7 Å². The van der Waals surface area contributed by atoms with Crippen LogP contribution in [0.15, 0.2) is 0 Å². The van der Waals surface area contributed by atoms with Crippen molar-refractivity contribution in [3.8, 4) is 0 Å². The molecular weight excluding hydrogens is 260 g/mol. The zero-order valence-corrected chi connectivity index (χ0v) is 14.7. The van der Waals surface area contributed by atoms with Gasteiger partial charge in [0.2, 0.25) is 0 Å². The molecule has 0 aromatic heterocycles. The van der Waals surface area contributed by atoms with Crippen LogP contribution in [-0.4, -0.2) is 47.8 Å². The number of nitrogens with zero attached hydrogens (tertiary/aromatic N) is 1. The fraction of sp³-hybridized carbons (Fsp3) is 1.00.